The molecule has 0 atom stereocenters. The van der Waals surface area contributed by atoms with Crippen LogP contribution in [0.4, 0.5) is 18.9 Å². The molecule has 3 aromatic rings. The van der Waals surface area contributed by atoms with Crippen LogP contribution in [0, 0.1) is 0 Å². The Morgan fingerprint density at radius 2 is 1.83 bits per heavy atom. The van der Waals surface area contributed by atoms with Gasteiger partial charge >= 0.3 is 12.1 Å². The number of benzene rings is 2. The molecule has 1 aromatic heterocycles. The summed E-state index contributed by atoms with van der Waals surface area (Å²) in [5, 5.41) is 8.92. The zero-order valence-corrected chi connectivity index (χ0v) is 19.5. The summed E-state index contributed by atoms with van der Waals surface area (Å²) in [6.45, 7) is 0.714. The van der Waals surface area contributed by atoms with Crippen LogP contribution in [-0.4, -0.2) is 43.4 Å². The minimum absolute atomic E-state index is 0.413. The summed E-state index contributed by atoms with van der Waals surface area (Å²) >= 11 is 0. The number of anilines is 1. The molecule has 186 valence electrons. The minimum atomic E-state index is -4.37. The Labute approximate surface area is 201 Å². The minimum Gasteiger partial charge on any atom is -0.482 e. The van der Waals surface area contributed by atoms with Gasteiger partial charge in [-0.15, -0.1) is 0 Å². The Hall–Kier alpha value is -3.59. The number of carboxylic acids is 1. The van der Waals surface area contributed by atoms with E-state index in [1.165, 1.54) is 12.1 Å². The molecule has 0 spiro atoms. The van der Waals surface area contributed by atoms with Gasteiger partial charge in [0.25, 0.3) is 0 Å². The van der Waals surface area contributed by atoms with Crippen molar-refractivity contribution in [2.75, 3.05) is 32.3 Å². The number of halogens is 3. The van der Waals surface area contributed by atoms with Crippen molar-refractivity contribution in [3.63, 3.8) is 0 Å². The first-order chi connectivity index (χ1) is 16.7. The first kappa shape index (κ1) is 26.0. The molecule has 0 amide bonds. The summed E-state index contributed by atoms with van der Waals surface area (Å²) in [6.07, 6.45) is -1.23. The Morgan fingerprint density at radius 3 is 2.43 bits per heavy atom. The number of ether oxygens (including phenoxy) is 2. The molecule has 9 heteroatoms. The van der Waals surface area contributed by atoms with E-state index in [0.29, 0.717) is 36.6 Å². The van der Waals surface area contributed by atoms with Crippen LogP contribution in [0.5, 0.6) is 5.75 Å². The van der Waals surface area contributed by atoms with E-state index in [0.717, 1.165) is 35.4 Å². The number of alkyl halides is 3. The molecule has 0 saturated carbocycles. The molecular weight excluding hydrogens is 461 g/mol. The van der Waals surface area contributed by atoms with Crippen molar-refractivity contribution in [3.05, 3.63) is 77.5 Å². The number of pyridine rings is 1. The van der Waals surface area contributed by atoms with Crippen molar-refractivity contribution >= 4 is 11.7 Å². The second-order valence-electron chi connectivity index (χ2n) is 8.05. The maximum atomic E-state index is 12.8. The number of methoxy groups -OCH3 is 1. The molecule has 0 radical (unpaired) electrons. The summed E-state index contributed by atoms with van der Waals surface area (Å²) in [4.78, 5) is 17.3. The van der Waals surface area contributed by atoms with Gasteiger partial charge < -0.3 is 19.5 Å². The zero-order chi connectivity index (χ0) is 25.4. The highest BCUT2D eigenvalue weighted by Crippen LogP contribution is 2.31. The standard InChI is InChI=1S/C26H27F3N2O4/c1-31(22-10-12-24(35-17-25(32)33)20(14-22)4-3-13-34-2)16-18-5-11-23(30-15-18)19-6-8-21(9-7-19)26(27,28)29/h5-12,14-15H,3-4,13,16-17H2,1-2H3,(H,32,33). The molecule has 2 aromatic carbocycles. The molecule has 1 heterocycles. The molecule has 0 aliphatic rings. The van der Waals surface area contributed by atoms with Crippen LogP contribution in [0.2, 0.25) is 0 Å². The average Bonchev–Trinajstić information content (AvgIpc) is 2.83. The van der Waals surface area contributed by atoms with Crippen molar-refractivity contribution in [2.24, 2.45) is 0 Å². The lowest BCUT2D eigenvalue weighted by Crippen LogP contribution is -2.17. The van der Waals surface area contributed by atoms with Crippen molar-refractivity contribution in [2.45, 2.75) is 25.6 Å². The molecule has 1 N–H and O–H groups in total. The quantitative estimate of drug-likeness (QED) is 0.362. The fourth-order valence-electron chi connectivity index (χ4n) is 3.57. The zero-order valence-electron chi connectivity index (χ0n) is 19.5. The van der Waals surface area contributed by atoms with Gasteiger partial charge in [-0.05, 0) is 60.4 Å². The van der Waals surface area contributed by atoms with Crippen LogP contribution < -0.4 is 9.64 Å². The lowest BCUT2D eigenvalue weighted by molar-refractivity contribution is -0.139. The summed E-state index contributed by atoms with van der Waals surface area (Å²) in [7, 11) is 3.55. The Bertz CT molecular complexity index is 1120. The molecule has 0 aliphatic carbocycles. The van der Waals surface area contributed by atoms with E-state index in [-0.39, 0.29) is 0 Å². The van der Waals surface area contributed by atoms with Gasteiger partial charge in [-0.1, -0.05) is 18.2 Å². The van der Waals surface area contributed by atoms with Gasteiger partial charge in [0.1, 0.15) is 5.75 Å². The van der Waals surface area contributed by atoms with E-state index >= 15 is 0 Å². The molecule has 0 aliphatic heterocycles. The number of aryl methyl sites for hydroxylation is 1. The number of aliphatic carboxylic acids is 1. The average molecular weight is 489 g/mol. The predicted octanol–water partition coefficient (Wildman–Crippen LogP) is 5.45. The van der Waals surface area contributed by atoms with Crippen molar-refractivity contribution in [1.29, 1.82) is 0 Å². The lowest BCUT2D eigenvalue weighted by Gasteiger charge is -2.21. The number of carbonyl (C=O) groups is 1. The van der Waals surface area contributed by atoms with Gasteiger partial charge in [0, 0.05) is 44.8 Å². The van der Waals surface area contributed by atoms with E-state index in [1.807, 2.05) is 30.1 Å². The van der Waals surface area contributed by atoms with Crippen LogP contribution >= 0.6 is 0 Å². The molecule has 3 rings (SSSR count). The van der Waals surface area contributed by atoms with Crippen LogP contribution in [0.25, 0.3) is 11.3 Å². The van der Waals surface area contributed by atoms with Crippen LogP contribution in [-0.2, 0) is 28.7 Å². The number of hydrogen-bond donors (Lipinski definition) is 1. The van der Waals surface area contributed by atoms with Crippen molar-refractivity contribution in [3.8, 4) is 17.0 Å². The number of aromatic nitrogens is 1. The third-order valence-corrected chi connectivity index (χ3v) is 5.38. The molecule has 0 saturated heterocycles. The summed E-state index contributed by atoms with van der Waals surface area (Å²) in [6, 6.07) is 14.2. The normalized spacial score (nSPS) is 11.3. The molecule has 0 fully saturated rings. The van der Waals surface area contributed by atoms with Gasteiger partial charge in [0.15, 0.2) is 6.61 Å². The first-order valence-corrected chi connectivity index (χ1v) is 11.0. The summed E-state index contributed by atoms with van der Waals surface area (Å²) in [5.74, 6) is -0.510. The number of rotatable bonds is 11. The smallest absolute Gasteiger partial charge is 0.416 e. The van der Waals surface area contributed by atoms with Crippen LogP contribution in [0.1, 0.15) is 23.1 Å². The second kappa shape index (κ2) is 11.7. The van der Waals surface area contributed by atoms with E-state index < -0.39 is 24.3 Å². The highest BCUT2D eigenvalue weighted by atomic mass is 19.4. The van der Waals surface area contributed by atoms with Crippen LogP contribution in [0.15, 0.2) is 60.8 Å². The third kappa shape index (κ3) is 7.45. The van der Waals surface area contributed by atoms with E-state index in [1.54, 1.807) is 25.4 Å². The predicted molar refractivity (Wildman–Crippen MR) is 127 cm³/mol. The Kier molecular flexibility index (Phi) is 8.70. The van der Waals surface area contributed by atoms with Gasteiger partial charge in [-0.2, -0.15) is 13.2 Å². The Balaban J connectivity index is 1.70. The first-order valence-electron chi connectivity index (χ1n) is 11.0. The third-order valence-electron chi connectivity index (χ3n) is 5.38. The van der Waals surface area contributed by atoms with E-state index in [2.05, 4.69) is 4.98 Å². The fraction of sp³-hybridized carbons (Fsp3) is 0.308. The number of hydrogen-bond acceptors (Lipinski definition) is 5. The van der Waals surface area contributed by atoms with Crippen molar-refractivity contribution in [1.82, 2.24) is 4.98 Å². The topological polar surface area (TPSA) is 71.9 Å². The fourth-order valence-corrected chi connectivity index (χ4v) is 3.57. The number of carboxylic acid groups (broad SMARTS) is 1. The maximum Gasteiger partial charge on any atom is 0.416 e. The van der Waals surface area contributed by atoms with Crippen LogP contribution in [0.3, 0.4) is 0 Å². The van der Waals surface area contributed by atoms with Gasteiger partial charge in [0.2, 0.25) is 0 Å². The van der Waals surface area contributed by atoms with Gasteiger partial charge in [-0.25, -0.2) is 4.79 Å². The summed E-state index contributed by atoms with van der Waals surface area (Å²) < 4.78 is 48.9. The lowest BCUT2D eigenvalue weighted by atomic mass is 10.1. The SMILES string of the molecule is COCCCc1cc(N(C)Cc2ccc(-c3ccc(C(F)(F)F)cc3)nc2)ccc1OCC(=O)O. The monoisotopic (exact) mass is 488 g/mol. The Morgan fingerprint density at radius 1 is 1.09 bits per heavy atom. The van der Waals surface area contributed by atoms with Crippen molar-refractivity contribution < 1.29 is 32.5 Å². The maximum absolute atomic E-state index is 12.8. The molecular formula is C26H27F3N2O4. The van der Waals surface area contributed by atoms with Gasteiger partial charge in [-0.3, -0.25) is 4.98 Å². The summed E-state index contributed by atoms with van der Waals surface area (Å²) in [5.41, 5.74) is 3.24. The van der Waals surface area contributed by atoms with E-state index in [9.17, 15) is 18.0 Å². The molecule has 0 unspecified atom stereocenters. The largest absolute Gasteiger partial charge is 0.482 e. The second-order valence-corrected chi connectivity index (χ2v) is 8.05. The molecule has 0 bridgehead atoms. The highest BCUT2D eigenvalue weighted by Gasteiger charge is 2.30. The number of nitrogens with zero attached hydrogens (tertiary/aromatic N) is 2. The van der Waals surface area contributed by atoms with Gasteiger partial charge in [0.05, 0.1) is 11.3 Å². The molecule has 35 heavy (non-hydrogen) atoms. The van der Waals surface area contributed by atoms with E-state index in [4.69, 9.17) is 14.6 Å². The molecule has 6 nitrogen and oxygen atoms in total. The highest BCUT2D eigenvalue weighted by molar-refractivity contribution is 5.68.